The van der Waals surface area contributed by atoms with Gasteiger partial charge in [0, 0.05) is 11.3 Å². The summed E-state index contributed by atoms with van der Waals surface area (Å²) in [6, 6.07) is 10.7. The van der Waals surface area contributed by atoms with E-state index in [1.807, 2.05) is 6.92 Å². The second-order valence-corrected chi connectivity index (χ2v) is 8.84. The van der Waals surface area contributed by atoms with Crippen LogP contribution < -0.4 is 15.4 Å². The number of aryl methyl sites for hydroxylation is 2. The second kappa shape index (κ2) is 7.92. The van der Waals surface area contributed by atoms with Gasteiger partial charge in [-0.05, 0) is 25.0 Å². The zero-order valence-corrected chi connectivity index (χ0v) is 16.9. The first-order valence-electron chi connectivity index (χ1n) is 9.80. The summed E-state index contributed by atoms with van der Waals surface area (Å²) < 4.78 is 0. The first-order chi connectivity index (χ1) is 13.1. The molecule has 0 aliphatic carbocycles. The van der Waals surface area contributed by atoms with Crippen molar-refractivity contribution in [1.29, 1.82) is 0 Å². The molecule has 0 atom stereocenters. The predicted molar refractivity (Wildman–Crippen MR) is 110 cm³/mol. The van der Waals surface area contributed by atoms with E-state index in [0.29, 0.717) is 0 Å². The van der Waals surface area contributed by atoms with E-state index in [1.54, 1.807) is 16.2 Å². The molecule has 142 valence electrons. The number of nitrogens with zero attached hydrogens (tertiary/aromatic N) is 1. The van der Waals surface area contributed by atoms with Crippen LogP contribution in [0.3, 0.4) is 0 Å². The number of aromatic amines is 1. The van der Waals surface area contributed by atoms with E-state index in [1.165, 1.54) is 35.0 Å². The first-order valence-corrected chi connectivity index (χ1v) is 10.6. The lowest BCUT2D eigenvalue weighted by molar-refractivity contribution is -1.02. The molecule has 0 radical (unpaired) electrons. The Balaban J connectivity index is 1.34. The fourth-order valence-corrected chi connectivity index (χ4v) is 5.02. The molecule has 1 aliphatic heterocycles. The highest BCUT2D eigenvalue weighted by Gasteiger charge is 2.24. The Hall–Kier alpha value is -2.02. The lowest BCUT2D eigenvalue weighted by Gasteiger charge is -2.29. The monoisotopic (exact) mass is 384 g/mol. The normalized spacial score (nSPS) is 20.2. The van der Waals surface area contributed by atoms with Gasteiger partial charge in [0.1, 0.15) is 37.6 Å². The van der Waals surface area contributed by atoms with Gasteiger partial charge in [-0.15, -0.1) is 11.3 Å². The molecular formula is C21H28N4OS+2. The number of fused-ring (bicyclic) bond motifs is 1. The van der Waals surface area contributed by atoms with Crippen LogP contribution in [-0.2, 0) is 13.0 Å². The molecule has 0 saturated carbocycles. The summed E-state index contributed by atoms with van der Waals surface area (Å²) in [4.78, 5) is 25.5. The number of H-pyrrole nitrogens is 1. The highest BCUT2D eigenvalue weighted by Crippen LogP contribution is 2.25. The standard InChI is InChI=1S/C21H26N4OS/c1-15-16(2)27-21-19(15)20(26)22-18(23-21)14-25-12-10-24(11-13-25)9-8-17-6-4-3-5-7-17/h3-7H,8-14H2,1-2H3,(H,22,23,26)/p+2. The van der Waals surface area contributed by atoms with E-state index >= 15 is 0 Å². The van der Waals surface area contributed by atoms with Gasteiger partial charge in [0.05, 0.1) is 11.9 Å². The van der Waals surface area contributed by atoms with Gasteiger partial charge in [-0.2, -0.15) is 0 Å². The summed E-state index contributed by atoms with van der Waals surface area (Å²) in [7, 11) is 0. The van der Waals surface area contributed by atoms with Gasteiger partial charge in [-0.3, -0.25) is 4.79 Å². The van der Waals surface area contributed by atoms with Crippen molar-refractivity contribution in [2.75, 3.05) is 32.7 Å². The number of thiophene rings is 1. The number of hydrogen-bond donors (Lipinski definition) is 3. The maximum atomic E-state index is 12.4. The summed E-state index contributed by atoms with van der Waals surface area (Å²) in [5, 5.41) is 0.770. The van der Waals surface area contributed by atoms with Crippen LogP contribution in [0.4, 0.5) is 0 Å². The van der Waals surface area contributed by atoms with Crippen LogP contribution in [0.25, 0.3) is 10.2 Å². The summed E-state index contributed by atoms with van der Waals surface area (Å²) in [5.41, 5.74) is 2.51. The zero-order chi connectivity index (χ0) is 18.8. The third-order valence-corrected chi connectivity index (χ3v) is 6.88. The molecule has 3 N–H and O–H groups in total. The highest BCUT2D eigenvalue weighted by atomic mass is 32.1. The maximum absolute atomic E-state index is 12.4. The van der Waals surface area contributed by atoms with E-state index in [0.717, 1.165) is 47.7 Å². The largest absolute Gasteiger partial charge is 0.325 e. The molecule has 1 fully saturated rings. The third-order valence-electron chi connectivity index (χ3n) is 5.78. The molecule has 1 aliphatic rings. The minimum absolute atomic E-state index is 0.0170. The lowest BCUT2D eigenvalue weighted by atomic mass is 10.1. The van der Waals surface area contributed by atoms with Crippen molar-refractivity contribution < 1.29 is 9.80 Å². The second-order valence-electron chi connectivity index (χ2n) is 7.64. The molecule has 1 saturated heterocycles. The van der Waals surface area contributed by atoms with E-state index in [9.17, 15) is 4.79 Å². The van der Waals surface area contributed by atoms with Crippen molar-refractivity contribution in [3.8, 4) is 0 Å². The van der Waals surface area contributed by atoms with Crippen LogP contribution in [0, 0.1) is 13.8 Å². The first kappa shape index (κ1) is 18.3. The number of quaternary nitrogens is 2. The SMILES string of the molecule is Cc1sc2nc(C[NH+]3CC[NH+](CCc4ccccc4)CC3)[nH]c(=O)c2c1C. The molecule has 2 aromatic heterocycles. The molecular weight excluding hydrogens is 356 g/mol. The zero-order valence-electron chi connectivity index (χ0n) is 16.1. The Morgan fingerprint density at radius 3 is 2.52 bits per heavy atom. The molecule has 27 heavy (non-hydrogen) atoms. The average Bonchev–Trinajstić information content (AvgIpc) is 2.96. The average molecular weight is 385 g/mol. The van der Waals surface area contributed by atoms with Crippen LogP contribution in [0.15, 0.2) is 35.1 Å². The minimum Gasteiger partial charge on any atom is -0.325 e. The Kier molecular flexibility index (Phi) is 5.38. The maximum Gasteiger partial charge on any atom is 0.260 e. The predicted octanol–water partition coefficient (Wildman–Crippen LogP) is 0.128. The van der Waals surface area contributed by atoms with Crippen LogP contribution in [0.5, 0.6) is 0 Å². The van der Waals surface area contributed by atoms with Gasteiger partial charge in [-0.1, -0.05) is 30.3 Å². The number of rotatable bonds is 5. The number of aromatic nitrogens is 2. The molecule has 3 heterocycles. The van der Waals surface area contributed by atoms with E-state index < -0.39 is 0 Å². The minimum atomic E-state index is 0.0170. The molecule has 1 aromatic carbocycles. The molecule has 6 heteroatoms. The summed E-state index contributed by atoms with van der Waals surface area (Å²) in [6.07, 6.45) is 1.15. The van der Waals surface area contributed by atoms with Crippen molar-refractivity contribution >= 4 is 21.6 Å². The smallest absolute Gasteiger partial charge is 0.260 e. The van der Waals surface area contributed by atoms with Gasteiger partial charge in [0.15, 0.2) is 5.82 Å². The van der Waals surface area contributed by atoms with Crippen LogP contribution in [0.1, 0.15) is 21.8 Å². The van der Waals surface area contributed by atoms with E-state index in [-0.39, 0.29) is 5.56 Å². The number of piperazine rings is 1. The third kappa shape index (κ3) is 4.13. The highest BCUT2D eigenvalue weighted by molar-refractivity contribution is 7.18. The van der Waals surface area contributed by atoms with E-state index in [2.05, 4.69) is 42.2 Å². The van der Waals surface area contributed by atoms with E-state index in [4.69, 9.17) is 4.98 Å². The van der Waals surface area contributed by atoms with Crippen LogP contribution in [-0.4, -0.2) is 42.7 Å². The Labute approximate surface area is 163 Å². The topological polar surface area (TPSA) is 54.6 Å². The van der Waals surface area contributed by atoms with Crippen molar-refractivity contribution in [1.82, 2.24) is 9.97 Å². The number of hydrogen-bond acceptors (Lipinski definition) is 3. The molecule has 5 nitrogen and oxygen atoms in total. The van der Waals surface area contributed by atoms with Gasteiger partial charge < -0.3 is 14.8 Å². The molecule has 3 aromatic rings. The Bertz CT molecular complexity index is 971. The van der Waals surface area contributed by atoms with Crippen molar-refractivity contribution in [3.63, 3.8) is 0 Å². The van der Waals surface area contributed by atoms with Gasteiger partial charge in [0.2, 0.25) is 0 Å². The Morgan fingerprint density at radius 2 is 1.78 bits per heavy atom. The van der Waals surface area contributed by atoms with Gasteiger partial charge in [0.25, 0.3) is 5.56 Å². The van der Waals surface area contributed by atoms with Crippen molar-refractivity contribution in [2.45, 2.75) is 26.8 Å². The van der Waals surface area contributed by atoms with Crippen LogP contribution >= 0.6 is 11.3 Å². The lowest BCUT2D eigenvalue weighted by Crippen LogP contribution is -3.27. The summed E-state index contributed by atoms with van der Waals surface area (Å²) in [5.74, 6) is 0.830. The Morgan fingerprint density at radius 1 is 1.07 bits per heavy atom. The van der Waals surface area contributed by atoms with Gasteiger partial charge in [-0.25, -0.2) is 4.98 Å². The molecule has 0 amide bonds. The van der Waals surface area contributed by atoms with Crippen molar-refractivity contribution in [2.24, 2.45) is 0 Å². The molecule has 0 unspecified atom stereocenters. The van der Waals surface area contributed by atoms with Crippen molar-refractivity contribution in [3.05, 3.63) is 62.5 Å². The molecule has 0 spiro atoms. The quantitative estimate of drug-likeness (QED) is 0.586. The molecule has 0 bridgehead atoms. The number of nitrogens with one attached hydrogen (secondary N) is 3. The molecule has 4 rings (SSSR count). The van der Waals surface area contributed by atoms with Crippen LogP contribution in [0.2, 0.25) is 0 Å². The summed E-state index contributed by atoms with van der Waals surface area (Å²) >= 11 is 1.63. The number of benzene rings is 1. The summed E-state index contributed by atoms with van der Waals surface area (Å²) in [6.45, 7) is 10.7. The van der Waals surface area contributed by atoms with Gasteiger partial charge >= 0.3 is 0 Å². The fraction of sp³-hybridized carbons (Fsp3) is 0.429. The fourth-order valence-electron chi connectivity index (χ4n) is 3.97.